The van der Waals surface area contributed by atoms with Crippen LogP contribution in [-0.4, -0.2) is 46.0 Å². The molecule has 1 aliphatic heterocycles. The molecule has 1 aliphatic rings. The molecule has 0 bridgehead atoms. The van der Waals surface area contributed by atoms with E-state index in [1.54, 1.807) is 6.20 Å². The SMILES string of the molecule is CCNC(=NCc1cccc(Cn2ccnc2)c1)N1CCCC(CC(N)=O)C1.I. The monoisotopic (exact) mass is 510 g/mol. The summed E-state index contributed by atoms with van der Waals surface area (Å²) >= 11 is 0. The average molecular weight is 510 g/mol. The summed E-state index contributed by atoms with van der Waals surface area (Å²) in [5, 5.41) is 3.39. The number of rotatable bonds is 7. The molecule has 3 rings (SSSR count). The van der Waals surface area contributed by atoms with Gasteiger partial charge in [-0.1, -0.05) is 24.3 Å². The molecule has 1 fully saturated rings. The molecule has 1 amide bonds. The van der Waals surface area contributed by atoms with Crippen molar-refractivity contribution in [1.82, 2.24) is 19.8 Å². The molecule has 1 aromatic carbocycles. The molecule has 1 aromatic heterocycles. The van der Waals surface area contributed by atoms with Gasteiger partial charge in [-0.25, -0.2) is 9.98 Å². The maximum atomic E-state index is 11.3. The zero-order valence-electron chi connectivity index (χ0n) is 17.0. The van der Waals surface area contributed by atoms with Crippen LogP contribution in [0, 0.1) is 5.92 Å². The number of aromatic nitrogens is 2. The van der Waals surface area contributed by atoms with E-state index in [4.69, 9.17) is 10.7 Å². The summed E-state index contributed by atoms with van der Waals surface area (Å²) in [6.07, 6.45) is 8.14. The number of primary amides is 1. The van der Waals surface area contributed by atoms with E-state index in [0.29, 0.717) is 18.9 Å². The molecule has 0 saturated carbocycles. The first-order chi connectivity index (χ1) is 13.6. The fourth-order valence-electron chi connectivity index (χ4n) is 3.72. The Bertz CT molecular complexity index is 792. The highest BCUT2D eigenvalue weighted by atomic mass is 127. The third-order valence-electron chi connectivity index (χ3n) is 4.97. The summed E-state index contributed by atoms with van der Waals surface area (Å²) in [5.41, 5.74) is 7.80. The molecule has 1 atom stereocenters. The summed E-state index contributed by atoms with van der Waals surface area (Å²) in [4.78, 5) is 22.5. The molecule has 29 heavy (non-hydrogen) atoms. The standard InChI is InChI=1S/C21H30N6O.HI/c1-2-24-21(27-9-4-7-19(15-27)12-20(22)28)25-13-17-5-3-6-18(11-17)14-26-10-8-23-16-26;/h3,5-6,8,10-11,16,19H,2,4,7,9,12-15H2,1H3,(H2,22,28)(H,24,25);1H. The van der Waals surface area contributed by atoms with E-state index in [1.165, 1.54) is 11.1 Å². The molecule has 7 nitrogen and oxygen atoms in total. The largest absolute Gasteiger partial charge is 0.370 e. The number of likely N-dealkylation sites (tertiary alicyclic amines) is 1. The number of nitrogens with two attached hydrogens (primary N) is 1. The highest BCUT2D eigenvalue weighted by Gasteiger charge is 2.23. The zero-order chi connectivity index (χ0) is 19.8. The highest BCUT2D eigenvalue weighted by molar-refractivity contribution is 14.0. The quantitative estimate of drug-likeness (QED) is 0.341. The second kappa shape index (κ2) is 11.8. The summed E-state index contributed by atoms with van der Waals surface area (Å²) in [6.45, 7) is 6.11. The Morgan fingerprint density at radius 1 is 1.38 bits per heavy atom. The third-order valence-corrected chi connectivity index (χ3v) is 4.97. The molecule has 0 aliphatic carbocycles. The molecular weight excluding hydrogens is 479 g/mol. The lowest BCUT2D eigenvalue weighted by atomic mass is 9.95. The van der Waals surface area contributed by atoms with Gasteiger partial charge in [0.15, 0.2) is 5.96 Å². The highest BCUT2D eigenvalue weighted by Crippen LogP contribution is 2.19. The molecule has 3 N–H and O–H groups in total. The van der Waals surface area contributed by atoms with E-state index in [9.17, 15) is 4.79 Å². The summed E-state index contributed by atoms with van der Waals surface area (Å²) in [5.74, 6) is 1.01. The number of benzene rings is 1. The van der Waals surface area contributed by atoms with Crippen LogP contribution in [0.15, 0.2) is 48.0 Å². The fraction of sp³-hybridized carbons (Fsp3) is 0.476. The second-order valence-corrected chi connectivity index (χ2v) is 7.35. The number of imidazole rings is 1. The Morgan fingerprint density at radius 2 is 2.21 bits per heavy atom. The van der Waals surface area contributed by atoms with Gasteiger partial charge in [-0.2, -0.15) is 0 Å². The first kappa shape index (κ1) is 23.2. The van der Waals surface area contributed by atoms with E-state index in [-0.39, 0.29) is 29.9 Å². The summed E-state index contributed by atoms with van der Waals surface area (Å²) < 4.78 is 2.05. The number of hydrogen-bond donors (Lipinski definition) is 2. The minimum atomic E-state index is -0.219. The van der Waals surface area contributed by atoms with Crippen LogP contribution in [0.4, 0.5) is 0 Å². The van der Waals surface area contributed by atoms with Crippen molar-refractivity contribution in [3.05, 3.63) is 54.1 Å². The Labute approximate surface area is 189 Å². The molecule has 1 unspecified atom stereocenters. The smallest absolute Gasteiger partial charge is 0.217 e. The van der Waals surface area contributed by atoms with Crippen LogP contribution in [0.2, 0.25) is 0 Å². The zero-order valence-corrected chi connectivity index (χ0v) is 19.3. The Kier molecular flexibility index (Phi) is 9.43. The van der Waals surface area contributed by atoms with Crippen molar-refractivity contribution in [2.75, 3.05) is 19.6 Å². The van der Waals surface area contributed by atoms with Gasteiger partial charge in [0, 0.05) is 45.0 Å². The van der Waals surface area contributed by atoms with Gasteiger partial charge in [0.25, 0.3) is 0 Å². The average Bonchev–Trinajstić information content (AvgIpc) is 3.18. The lowest BCUT2D eigenvalue weighted by Crippen LogP contribution is -2.47. The number of nitrogens with zero attached hydrogens (tertiary/aromatic N) is 4. The van der Waals surface area contributed by atoms with Crippen LogP contribution in [-0.2, 0) is 17.9 Å². The minimum Gasteiger partial charge on any atom is -0.370 e. The number of carbonyl (C=O) groups excluding carboxylic acids is 1. The molecular formula is C21H31IN6O. The van der Waals surface area contributed by atoms with Crippen LogP contribution >= 0.6 is 24.0 Å². The number of hydrogen-bond acceptors (Lipinski definition) is 3. The fourth-order valence-corrected chi connectivity index (χ4v) is 3.72. The van der Waals surface area contributed by atoms with E-state index >= 15 is 0 Å². The molecule has 0 radical (unpaired) electrons. The Hall–Kier alpha value is -2.10. The molecule has 2 aromatic rings. The molecule has 8 heteroatoms. The van der Waals surface area contributed by atoms with Crippen molar-refractivity contribution in [2.45, 2.75) is 39.3 Å². The summed E-state index contributed by atoms with van der Waals surface area (Å²) in [6, 6.07) is 8.50. The van der Waals surface area contributed by atoms with Gasteiger partial charge in [-0.05, 0) is 36.8 Å². The van der Waals surface area contributed by atoms with E-state index < -0.39 is 0 Å². The number of piperidine rings is 1. The van der Waals surface area contributed by atoms with Gasteiger partial charge in [-0.3, -0.25) is 4.79 Å². The number of amides is 1. The normalized spacial score (nSPS) is 16.9. The lowest BCUT2D eigenvalue weighted by Gasteiger charge is -2.34. The van der Waals surface area contributed by atoms with Crippen LogP contribution < -0.4 is 11.1 Å². The number of nitrogens with one attached hydrogen (secondary N) is 1. The lowest BCUT2D eigenvalue weighted by molar-refractivity contribution is -0.119. The number of carbonyl (C=O) groups is 1. The van der Waals surface area contributed by atoms with Gasteiger partial charge in [0.05, 0.1) is 12.9 Å². The van der Waals surface area contributed by atoms with E-state index in [0.717, 1.165) is 45.0 Å². The van der Waals surface area contributed by atoms with E-state index in [2.05, 4.69) is 51.0 Å². The summed E-state index contributed by atoms with van der Waals surface area (Å²) in [7, 11) is 0. The van der Waals surface area contributed by atoms with Crippen molar-refractivity contribution in [3.8, 4) is 0 Å². The van der Waals surface area contributed by atoms with Crippen molar-refractivity contribution in [1.29, 1.82) is 0 Å². The first-order valence-electron chi connectivity index (χ1n) is 9.99. The number of aliphatic imine (C=N–C) groups is 1. The maximum absolute atomic E-state index is 11.3. The van der Waals surface area contributed by atoms with Gasteiger partial charge < -0.3 is 20.5 Å². The van der Waals surface area contributed by atoms with Crippen molar-refractivity contribution in [3.63, 3.8) is 0 Å². The van der Waals surface area contributed by atoms with Crippen molar-refractivity contribution in [2.24, 2.45) is 16.6 Å². The number of halogens is 1. The van der Waals surface area contributed by atoms with Crippen molar-refractivity contribution >= 4 is 35.8 Å². The predicted molar refractivity (Wildman–Crippen MR) is 126 cm³/mol. The Morgan fingerprint density at radius 3 is 2.93 bits per heavy atom. The maximum Gasteiger partial charge on any atom is 0.217 e. The third kappa shape index (κ3) is 7.34. The number of guanidine groups is 1. The van der Waals surface area contributed by atoms with Gasteiger partial charge >= 0.3 is 0 Å². The van der Waals surface area contributed by atoms with Crippen LogP contribution in [0.3, 0.4) is 0 Å². The van der Waals surface area contributed by atoms with Gasteiger partial charge in [0.2, 0.25) is 5.91 Å². The molecule has 158 valence electrons. The van der Waals surface area contributed by atoms with Gasteiger partial charge in [-0.15, -0.1) is 24.0 Å². The van der Waals surface area contributed by atoms with Crippen LogP contribution in [0.25, 0.3) is 0 Å². The molecule has 1 saturated heterocycles. The molecule has 0 spiro atoms. The first-order valence-corrected chi connectivity index (χ1v) is 9.99. The Balaban J connectivity index is 0.00000300. The minimum absolute atomic E-state index is 0. The van der Waals surface area contributed by atoms with Crippen LogP contribution in [0.5, 0.6) is 0 Å². The molecule has 2 heterocycles. The van der Waals surface area contributed by atoms with Crippen molar-refractivity contribution < 1.29 is 4.79 Å². The van der Waals surface area contributed by atoms with E-state index in [1.807, 2.05) is 12.5 Å². The van der Waals surface area contributed by atoms with Crippen LogP contribution in [0.1, 0.15) is 37.3 Å². The second-order valence-electron chi connectivity index (χ2n) is 7.35. The van der Waals surface area contributed by atoms with Gasteiger partial charge in [0.1, 0.15) is 0 Å². The predicted octanol–water partition coefficient (Wildman–Crippen LogP) is 2.60. The topological polar surface area (TPSA) is 88.5 Å².